The fourth-order valence-corrected chi connectivity index (χ4v) is 4.71. The van der Waals surface area contributed by atoms with Gasteiger partial charge in [-0.1, -0.05) is 11.3 Å². The average Bonchev–Trinajstić information content (AvgIpc) is 3.15. The lowest BCUT2D eigenvalue weighted by Crippen LogP contribution is -2.41. The van der Waals surface area contributed by atoms with Gasteiger partial charge in [0.15, 0.2) is 10.8 Å². The molecule has 5 rings (SSSR count). The van der Waals surface area contributed by atoms with Crippen molar-refractivity contribution in [1.29, 1.82) is 0 Å². The van der Waals surface area contributed by atoms with E-state index in [-0.39, 0.29) is 17.8 Å². The van der Waals surface area contributed by atoms with Gasteiger partial charge in [0, 0.05) is 30.5 Å². The summed E-state index contributed by atoms with van der Waals surface area (Å²) in [5, 5.41) is 4.38. The van der Waals surface area contributed by atoms with Crippen molar-refractivity contribution in [3.8, 4) is 0 Å². The molecule has 0 radical (unpaired) electrons. The van der Waals surface area contributed by atoms with E-state index in [2.05, 4.69) is 20.3 Å². The first kappa shape index (κ1) is 16.4. The van der Waals surface area contributed by atoms with Crippen LogP contribution in [0.4, 0.5) is 5.13 Å². The van der Waals surface area contributed by atoms with Crippen molar-refractivity contribution in [2.45, 2.75) is 44.8 Å². The predicted octanol–water partition coefficient (Wildman–Crippen LogP) is 3.60. The Labute approximate surface area is 159 Å². The molecule has 0 spiro atoms. The molecule has 1 aliphatic carbocycles. The van der Waals surface area contributed by atoms with Crippen LogP contribution in [0.1, 0.15) is 38.8 Å². The molecule has 0 bridgehead atoms. The topological polar surface area (TPSA) is 77.6 Å². The number of fused-ring (bicyclic) bond motifs is 2. The van der Waals surface area contributed by atoms with Crippen molar-refractivity contribution in [2.24, 2.45) is 0 Å². The van der Waals surface area contributed by atoms with Crippen LogP contribution in [0.15, 0.2) is 41.5 Å². The van der Waals surface area contributed by atoms with Crippen LogP contribution in [0.2, 0.25) is 0 Å². The Morgan fingerprint density at radius 1 is 1.19 bits per heavy atom. The van der Waals surface area contributed by atoms with E-state index in [1.807, 2.05) is 47.2 Å². The van der Waals surface area contributed by atoms with Crippen LogP contribution in [0.3, 0.4) is 0 Å². The molecule has 1 N–H and O–H groups in total. The van der Waals surface area contributed by atoms with Gasteiger partial charge in [-0.3, -0.25) is 9.13 Å². The molecule has 0 aliphatic heterocycles. The van der Waals surface area contributed by atoms with Gasteiger partial charge in [0.1, 0.15) is 10.3 Å². The number of nitrogens with one attached hydrogen (secondary N) is 1. The van der Waals surface area contributed by atoms with Crippen LogP contribution < -0.4 is 11.0 Å². The first-order valence-electron chi connectivity index (χ1n) is 9.17. The molecular formula is C19H20N6OS. The Morgan fingerprint density at radius 2 is 1.96 bits per heavy atom. The summed E-state index contributed by atoms with van der Waals surface area (Å²) in [5.74, 6) is 0. The monoisotopic (exact) mass is 380 g/mol. The van der Waals surface area contributed by atoms with Crippen molar-refractivity contribution < 1.29 is 0 Å². The third-order valence-electron chi connectivity index (χ3n) is 5.15. The van der Waals surface area contributed by atoms with Gasteiger partial charge in [-0.2, -0.15) is 0 Å². The standard InChI is InChI=1S/C19H20N6OS/c1-11(2)24-15-6-4-7-20-16(15)25(19(24)26)13-9-12(10-13)22-18-23-14-5-3-8-21-17(14)27-18/h3-8,11-13H,9-10H2,1-2H3,(H,22,23)/t12-,13-. The predicted molar refractivity (Wildman–Crippen MR) is 107 cm³/mol. The van der Waals surface area contributed by atoms with Crippen molar-refractivity contribution >= 4 is 38.0 Å². The van der Waals surface area contributed by atoms with E-state index in [1.165, 1.54) is 0 Å². The van der Waals surface area contributed by atoms with Crippen LogP contribution in [0.25, 0.3) is 21.5 Å². The second-order valence-electron chi connectivity index (χ2n) is 7.28. The minimum absolute atomic E-state index is 0.0336. The molecule has 0 saturated heterocycles. The molecule has 7 nitrogen and oxygen atoms in total. The van der Waals surface area contributed by atoms with Crippen molar-refractivity contribution in [2.75, 3.05) is 5.32 Å². The maximum absolute atomic E-state index is 13.0. The normalized spacial score (nSPS) is 19.7. The number of pyridine rings is 2. The fourth-order valence-electron chi connectivity index (χ4n) is 3.82. The van der Waals surface area contributed by atoms with E-state index in [0.717, 1.165) is 39.5 Å². The minimum atomic E-state index is 0.0336. The smallest absolute Gasteiger partial charge is 0.330 e. The molecule has 4 aromatic rings. The van der Waals surface area contributed by atoms with Gasteiger partial charge < -0.3 is 5.32 Å². The van der Waals surface area contributed by atoms with Gasteiger partial charge in [-0.15, -0.1) is 0 Å². The summed E-state index contributed by atoms with van der Waals surface area (Å²) in [6.07, 6.45) is 5.31. The van der Waals surface area contributed by atoms with Gasteiger partial charge in [0.2, 0.25) is 0 Å². The largest absolute Gasteiger partial charge is 0.359 e. The number of hydrogen-bond donors (Lipinski definition) is 1. The average molecular weight is 380 g/mol. The molecule has 1 saturated carbocycles. The number of nitrogens with zero attached hydrogens (tertiary/aromatic N) is 5. The van der Waals surface area contributed by atoms with Gasteiger partial charge in [0.05, 0.1) is 5.52 Å². The Bertz CT molecular complexity index is 1150. The van der Waals surface area contributed by atoms with Gasteiger partial charge in [0.25, 0.3) is 0 Å². The molecule has 4 heterocycles. The highest BCUT2D eigenvalue weighted by molar-refractivity contribution is 7.21. The SMILES string of the molecule is CC(C)n1c(=O)n([C@H]2C[C@H](Nc3nc4cccnc4s3)C2)c2ncccc21. The lowest BCUT2D eigenvalue weighted by molar-refractivity contribution is 0.279. The highest BCUT2D eigenvalue weighted by Gasteiger charge is 2.34. The Balaban J connectivity index is 1.39. The number of anilines is 1. The zero-order valence-electron chi connectivity index (χ0n) is 15.2. The number of aromatic nitrogens is 5. The van der Waals surface area contributed by atoms with Crippen molar-refractivity contribution in [3.05, 3.63) is 47.1 Å². The number of hydrogen-bond acceptors (Lipinski definition) is 6. The highest BCUT2D eigenvalue weighted by Crippen LogP contribution is 2.36. The summed E-state index contributed by atoms with van der Waals surface area (Å²) in [6.45, 7) is 4.06. The maximum Gasteiger partial charge on any atom is 0.330 e. The van der Waals surface area contributed by atoms with Gasteiger partial charge in [-0.25, -0.2) is 19.7 Å². The van der Waals surface area contributed by atoms with Gasteiger partial charge >= 0.3 is 5.69 Å². The summed E-state index contributed by atoms with van der Waals surface area (Å²) in [6, 6.07) is 8.31. The third kappa shape index (κ3) is 2.63. The molecule has 138 valence electrons. The van der Waals surface area contributed by atoms with Crippen LogP contribution in [-0.2, 0) is 0 Å². The molecular weight excluding hydrogens is 360 g/mol. The van der Waals surface area contributed by atoms with Crippen LogP contribution >= 0.6 is 11.3 Å². The Kier molecular flexibility index (Phi) is 3.75. The summed E-state index contributed by atoms with van der Waals surface area (Å²) in [5.41, 5.74) is 2.64. The zero-order chi connectivity index (χ0) is 18.5. The van der Waals surface area contributed by atoms with E-state index in [1.54, 1.807) is 23.7 Å². The molecule has 8 heteroatoms. The molecule has 27 heavy (non-hydrogen) atoms. The van der Waals surface area contributed by atoms with E-state index in [9.17, 15) is 4.79 Å². The lowest BCUT2D eigenvalue weighted by Gasteiger charge is -2.36. The first-order chi connectivity index (χ1) is 13.1. The van der Waals surface area contributed by atoms with E-state index in [4.69, 9.17) is 0 Å². The van der Waals surface area contributed by atoms with E-state index < -0.39 is 0 Å². The zero-order valence-corrected chi connectivity index (χ0v) is 16.0. The second kappa shape index (κ2) is 6.16. The molecule has 0 unspecified atom stereocenters. The summed E-state index contributed by atoms with van der Waals surface area (Å²) in [7, 11) is 0. The molecule has 0 atom stereocenters. The molecule has 1 fully saturated rings. The van der Waals surface area contributed by atoms with Crippen LogP contribution in [-0.4, -0.2) is 30.1 Å². The van der Waals surface area contributed by atoms with Crippen molar-refractivity contribution in [3.63, 3.8) is 0 Å². The van der Waals surface area contributed by atoms with Crippen molar-refractivity contribution in [1.82, 2.24) is 24.1 Å². The van der Waals surface area contributed by atoms with Crippen LogP contribution in [0.5, 0.6) is 0 Å². The van der Waals surface area contributed by atoms with Gasteiger partial charge in [-0.05, 0) is 51.0 Å². The number of imidazole rings is 1. The third-order valence-corrected chi connectivity index (χ3v) is 6.07. The Hall–Kier alpha value is -2.74. The summed E-state index contributed by atoms with van der Waals surface area (Å²) < 4.78 is 3.70. The van der Waals surface area contributed by atoms with E-state index >= 15 is 0 Å². The highest BCUT2D eigenvalue weighted by atomic mass is 32.1. The van der Waals surface area contributed by atoms with E-state index in [0.29, 0.717) is 6.04 Å². The fraction of sp³-hybridized carbons (Fsp3) is 0.368. The Morgan fingerprint density at radius 3 is 2.74 bits per heavy atom. The number of rotatable bonds is 4. The molecule has 0 amide bonds. The lowest BCUT2D eigenvalue weighted by atomic mass is 9.86. The first-order valence-corrected chi connectivity index (χ1v) is 9.99. The summed E-state index contributed by atoms with van der Waals surface area (Å²) >= 11 is 1.57. The van der Waals surface area contributed by atoms with Crippen LogP contribution in [0, 0.1) is 0 Å². The molecule has 4 aromatic heterocycles. The quantitative estimate of drug-likeness (QED) is 0.585. The maximum atomic E-state index is 13.0. The summed E-state index contributed by atoms with van der Waals surface area (Å²) in [4.78, 5) is 27.4. The molecule has 1 aliphatic rings. The molecule has 0 aromatic carbocycles. The number of thiazole rings is 1. The minimum Gasteiger partial charge on any atom is -0.359 e. The second-order valence-corrected chi connectivity index (χ2v) is 8.25.